The lowest BCUT2D eigenvalue weighted by Crippen LogP contribution is -2.19. The second-order valence-electron chi connectivity index (χ2n) is 5.65. The Bertz CT molecular complexity index is 859. The van der Waals surface area contributed by atoms with Crippen LogP contribution >= 0.6 is 11.3 Å². The molecule has 25 heavy (non-hydrogen) atoms. The van der Waals surface area contributed by atoms with Gasteiger partial charge >= 0.3 is 0 Å². The van der Waals surface area contributed by atoms with Gasteiger partial charge in [-0.2, -0.15) is 0 Å². The van der Waals surface area contributed by atoms with E-state index in [4.69, 9.17) is 9.47 Å². The highest BCUT2D eigenvalue weighted by Crippen LogP contribution is 2.29. The van der Waals surface area contributed by atoms with Gasteiger partial charge in [0.2, 0.25) is 0 Å². The summed E-state index contributed by atoms with van der Waals surface area (Å²) in [6.45, 7) is 4.70. The molecule has 0 unspecified atom stereocenters. The van der Waals surface area contributed by atoms with Crippen LogP contribution in [0.5, 0.6) is 11.5 Å². The summed E-state index contributed by atoms with van der Waals surface area (Å²) in [4.78, 5) is 16.5. The average Bonchev–Trinajstić information content (AvgIpc) is 3.00. The first-order valence-electron chi connectivity index (χ1n) is 8.17. The van der Waals surface area contributed by atoms with E-state index < -0.39 is 0 Å². The minimum Gasteiger partial charge on any atom is -0.494 e. The SMILES string of the molecule is CCCOc1ccc2nc(NC(=O)COc3ccc(C)cc3)sc2c1. The Morgan fingerprint density at radius 1 is 1.12 bits per heavy atom. The van der Waals surface area contributed by atoms with Crippen molar-refractivity contribution in [3.63, 3.8) is 0 Å². The Balaban J connectivity index is 1.59. The number of nitrogens with one attached hydrogen (secondary N) is 1. The van der Waals surface area contributed by atoms with Crippen LogP contribution in [0.4, 0.5) is 5.13 Å². The van der Waals surface area contributed by atoms with Crippen LogP contribution in [0.2, 0.25) is 0 Å². The number of carbonyl (C=O) groups excluding carboxylic acids is 1. The Labute approximate surface area is 150 Å². The summed E-state index contributed by atoms with van der Waals surface area (Å²) < 4.78 is 12.1. The van der Waals surface area contributed by atoms with Gasteiger partial charge in [0.15, 0.2) is 11.7 Å². The van der Waals surface area contributed by atoms with Crippen molar-refractivity contribution in [1.82, 2.24) is 4.98 Å². The standard InChI is InChI=1S/C19H20N2O3S/c1-3-10-23-15-8-9-16-17(11-15)25-19(20-16)21-18(22)12-24-14-6-4-13(2)5-7-14/h4-9,11H,3,10,12H2,1-2H3,(H,20,21,22). The van der Waals surface area contributed by atoms with Crippen molar-refractivity contribution >= 4 is 32.6 Å². The van der Waals surface area contributed by atoms with E-state index in [9.17, 15) is 4.79 Å². The average molecular weight is 356 g/mol. The van der Waals surface area contributed by atoms with Gasteiger partial charge in [0.1, 0.15) is 11.5 Å². The number of anilines is 1. The Morgan fingerprint density at radius 2 is 1.88 bits per heavy atom. The van der Waals surface area contributed by atoms with E-state index in [2.05, 4.69) is 17.2 Å². The molecule has 5 nitrogen and oxygen atoms in total. The van der Waals surface area contributed by atoms with Gasteiger partial charge in [0.25, 0.3) is 5.91 Å². The minimum absolute atomic E-state index is 0.0517. The quantitative estimate of drug-likeness (QED) is 0.681. The highest BCUT2D eigenvalue weighted by Gasteiger charge is 2.09. The maximum absolute atomic E-state index is 12.0. The largest absolute Gasteiger partial charge is 0.494 e. The molecule has 1 N–H and O–H groups in total. The predicted octanol–water partition coefficient (Wildman–Crippen LogP) is 4.41. The van der Waals surface area contributed by atoms with Crippen LogP contribution < -0.4 is 14.8 Å². The van der Waals surface area contributed by atoms with Gasteiger partial charge in [0, 0.05) is 0 Å². The number of nitrogens with zero attached hydrogens (tertiary/aromatic N) is 1. The predicted molar refractivity (Wildman–Crippen MR) is 101 cm³/mol. The summed E-state index contributed by atoms with van der Waals surface area (Å²) in [5.41, 5.74) is 1.98. The summed E-state index contributed by atoms with van der Waals surface area (Å²) in [6, 6.07) is 13.3. The normalized spacial score (nSPS) is 10.6. The molecule has 3 rings (SSSR count). The van der Waals surface area contributed by atoms with Crippen molar-refractivity contribution in [2.45, 2.75) is 20.3 Å². The topological polar surface area (TPSA) is 60.5 Å². The van der Waals surface area contributed by atoms with E-state index in [-0.39, 0.29) is 12.5 Å². The molecule has 0 saturated heterocycles. The molecule has 2 aromatic carbocycles. The van der Waals surface area contributed by atoms with Crippen LogP contribution in [0.25, 0.3) is 10.2 Å². The van der Waals surface area contributed by atoms with Crippen LogP contribution in [0, 0.1) is 6.92 Å². The van der Waals surface area contributed by atoms with Crippen LogP contribution in [-0.4, -0.2) is 24.1 Å². The molecule has 0 atom stereocenters. The zero-order valence-corrected chi connectivity index (χ0v) is 15.1. The van der Waals surface area contributed by atoms with Crippen LogP contribution in [-0.2, 0) is 4.79 Å². The lowest BCUT2D eigenvalue weighted by atomic mass is 10.2. The molecule has 0 fully saturated rings. The van der Waals surface area contributed by atoms with Crippen molar-refractivity contribution in [3.05, 3.63) is 48.0 Å². The number of carbonyl (C=O) groups is 1. The minimum atomic E-state index is -0.234. The highest BCUT2D eigenvalue weighted by molar-refractivity contribution is 7.22. The molecule has 1 heterocycles. The number of aryl methyl sites for hydroxylation is 1. The fraction of sp³-hybridized carbons (Fsp3) is 0.263. The molecular weight excluding hydrogens is 336 g/mol. The fourth-order valence-corrected chi connectivity index (χ4v) is 3.12. The summed E-state index contributed by atoms with van der Waals surface area (Å²) in [6.07, 6.45) is 0.961. The van der Waals surface area contributed by atoms with Crippen LogP contribution in [0.1, 0.15) is 18.9 Å². The van der Waals surface area contributed by atoms with Crippen LogP contribution in [0.3, 0.4) is 0 Å². The molecule has 0 saturated carbocycles. The van der Waals surface area contributed by atoms with Crippen molar-refractivity contribution in [2.24, 2.45) is 0 Å². The first-order chi connectivity index (χ1) is 12.1. The molecule has 0 aliphatic carbocycles. The van der Waals surface area contributed by atoms with Crippen molar-refractivity contribution in [2.75, 3.05) is 18.5 Å². The number of benzene rings is 2. The second kappa shape index (κ2) is 7.98. The molecular formula is C19H20N2O3S. The van der Waals surface area contributed by atoms with Gasteiger partial charge in [-0.1, -0.05) is 36.0 Å². The number of thiazole rings is 1. The number of hydrogen-bond acceptors (Lipinski definition) is 5. The van der Waals surface area contributed by atoms with Crippen molar-refractivity contribution in [3.8, 4) is 11.5 Å². The fourth-order valence-electron chi connectivity index (χ4n) is 2.21. The molecule has 0 spiro atoms. The first kappa shape index (κ1) is 17.2. The Kier molecular flexibility index (Phi) is 5.50. The number of aromatic nitrogens is 1. The summed E-state index contributed by atoms with van der Waals surface area (Å²) in [7, 11) is 0. The van der Waals surface area contributed by atoms with Crippen molar-refractivity contribution in [1.29, 1.82) is 0 Å². The van der Waals surface area contributed by atoms with Crippen molar-refractivity contribution < 1.29 is 14.3 Å². The zero-order chi connectivity index (χ0) is 17.6. The molecule has 0 radical (unpaired) electrons. The number of hydrogen-bond donors (Lipinski definition) is 1. The van der Waals surface area contributed by atoms with Gasteiger partial charge < -0.3 is 9.47 Å². The third-order valence-electron chi connectivity index (χ3n) is 3.47. The number of rotatable bonds is 7. The van der Waals surface area contributed by atoms with Gasteiger partial charge in [-0.25, -0.2) is 4.98 Å². The van der Waals surface area contributed by atoms with Gasteiger partial charge in [-0.05, 0) is 43.7 Å². The van der Waals surface area contributed by atoms with Gasteiger partial charge in [-0.15, -0.1) is 0 Å². The monoisotopic (exact) mass is 356 g/mol. The smallest absolute Gasteiger partial charge is 0.264 e. The first-order valence-corrected chi connectivity index (χ1v) is 8.98. The molecule has 0 aliphatic heterocycles. The molecule has 1 amide bonds. The Morgan fingerprint density at radius 3 is 2.64 bits per heavy atom. The molecule has 0 bridgehead atoms. The maximum Gasteiger partial charge on any atom is 0.264 e. The van der Waals surface area contributed by atoms with Crippen LogP contribution in [0.15, 0.2) is 42.5 Å². The molecule has 130 valence electrons. The van der Waals surface area contributed by atoms with Gasteiger partial charge in [0.05, 0.1) is 16.8 Å². The molecule has 1 aromatic heterocycles. The van der Waals surface area contributed by atoms with E-state index in [0.717, 1.165) is 28.0 Å². The van der Waals surface area contributed by atoms with E-state index in [1.807, 2.05) is 49.4 Å². The molecule has 0 aliphatic rings. The summed E-state index contributed by atoms with van der Waals surface area (Å²) in [5.74, 6) is 1.25. The third-order valence-corrected chi connectivity index (χ3v) is 4.40. The molecule has 6 heteroatoms. The Hall–Kier alpha value is -2.60. The lowest BCUT2D eigenvalue weighted by Gasteiger charge is -2.05. The summed E-state index contributed by atoms with van der Waals surface area (Å²) in [5, 5.41) is 3.33. The van der Waals surface area contributed by atoms with E-state index in [1.54, 1.807) is 0 Å². The number of fused-ring (bicyclic) bond motifs is 1. The van der Waals surface area contributed by atoms with E-state index >= 15 is 0 Å². The third kappa shape index (κ3) is 4.70. The highest BCUT2D eigenvalue weighted by atomic mass is 32.1. The lowest BCUT2D eigenvalue weighted by molar-refractivity contribution is -0.118. The number of amides is 1. The van der Waals surface area contributed by atoms with Gasteiger partial charge in [-0.3, -0.25) is 10.1 Å². The summed E-state index contributed by atoms with van der Waals surface area (Å²) >= 11 is 1.42. The second-order valence-corrected chi connectivity index (χ2v) is 6.68. The zero-order valence-electron chi connectivity index (χ0n) is 14.2. The maximum atomic E-state index is 12.0. The molecule has 3 aromatic rings. The van der Waals surface area contributed by atoms with E-state index in [0.29, 0.717) is 17.5 Å². The number of ether oxygens (including phenoxy) is 2. The van der Waals surface area contributed by atoms with E-state index in [1.165, 1.54) is 11.3 Å².